The van der Waals surface area contributed by atoms with Crippen LogP contribution in [0.25, 0.3) is 0 Å². The molecule has 206 valence electrons. The molecule has 3 N–H and O–H groups in total. The van der Waals surface area contributed by atoms with E-state index in [1.165, 1.54) is 5.56 Å². The van der Waals surface area contributed by atoms with Crippen LogP contribution in [-0.4, -0.2) is 58.9 Å². The second kappa shape index (κ2) is 14.0. The number of aromatic nitrogens is 1. The SMILES string of the molecule is CCOC(=O)CCc1cccnc1C1CCN(C(=O)[C@@H](CCCc2ccccc2)NC(=O)C(C)(C)N)CC1. The number of nitrogens with two attached hydrogens (primary N) is 1. The van der Waals surface area contributed by atoms with E-state index < -0.39 is 11.6 Å². The van der Waals surface area contributed by atoms with Crippen molar-refractivity contribution in [2.75, 3.05) is 19.7 Å². The summed E-state index contributed by atoms with van der Waals surface area (Å²) in [6, 6.07) is 13.4. The van der Waals surface area contributed by atoms with Gasteiger partial charge in [0.05, 0.1) is 12.1 Å². The Bertz CT molecular complexity index is 1060. The number of carbonyl (C=O) groups excluding carboxylic acids is 3. The number of likely N-dealkylation sites (tertiary alicyclic amines) is 1. The lowest BCUT2D eigenvalue weighted by atomic mass is 9.88. The van der Waals surface area contributed by atoms with Gasteiger partial charge in [-0.25, -0.2) is 0 Å². The number of amides is 2. The first-order valence-corrected chi connectivity index (χ1v) is 13.7. The van der Waals surface area contributed by atoms with Crippen molar-refractivity contribution < 1.29 is 19.1 Å². The quantitative estimate of drug-likeness (QED) is 0.412. The summed E-state index contributed by atoms with van der Waals surface area (Å²) in [5.74, 6) is -0.377. The number of esters is 1. The van der Waals surface area contributed by atoms with Crippen molar-refractivity contribution in [1.82, 2.24) is 15.2 Å². The molecule has 8 nitrogen and oxygen atoms in total. The lowest BCUT2D eigenvalue weighted by Crippen LogP contribution is -2.57. The summed E-state index contributed by atoms with van der Waals surface area (Å²) in [4.78, 5) is 44.6. The van der Waals surface area contributed by atoms with Gasteiger partial charge in [0, 0.05) is 37.3 Å². The topological polar surface area (TPSA) is 115 Å². The maximum Gasteiger partial charge on any atom is 0.306 e. The maximum atomic E-state index is 13.6. The number of piperidine rings is 1. The molecule has 0 saturated carbocycles. The van der Waals surface area contributed by atoms with Gasteiger partial charge in [-0.2, -0.15) is 0 Å². The van der Waals surface area contributed by atoms with Crippen LogP contribution in [0, 0.1) is 0 Å². The molecule has 1 atom stereocenters. The summed E-state index contributed by atoms with van der Waals surface area (Å²) in [6.07, 6.45) is 6.42. The number of hydrogen-bond donors (Lipinski definition) is 2. The number of nitrogens with one attached hydrogen (secondary N) is 1. The minimum atomic E-state index is -1.07. The molecule has 1 aliphatic rings. The minimum absolute atomic E-state index is 0.0577. The second-order valence-electron chi connectivity index (χ2n) is 10.6. The van der Waals surface area contributed by atoms with Crippen LogP contribution < -0.4 is 11.1 Å². The fraction of sp³-hybridized carbons (Fsp3) is 0.533. The van der Waals surface area contributed by atoms with Gasteiger partial charge in [-0.05, 0) is 76.5 Å². The van der Waals surface area contributed by atoms with Crippen LogP contribution in [0.2, 0.25) is 0 Å². The highest BCUT2D eigenvalue weighted by Gasteiger charge is 2.33. The number of rotatable bonds is 12. The fourth-order valence-electron chi connectivity index (χ4n) is 4.85. The molecule has 1 aromatic heterocycles. The molecule has 1 aliphatic heterocycles. The number of hydrogen-bond acceptors (Lipinski definition) is 6. The first kappa shape index (κ1) is 29.3. The molecule has 0 radical (unpaired) electrons. The highest BCUT2D eigenvalue weighted by atomic mass is 16.5. The molecule has 2 aromatic rings. The highest BCUT2D eigenvalue weighted by molar-refractivity contribution is 5.91. The molecular weight excluding hydrogens is 480 g/mol. The number of nitrogens with zero attached hydrogens (tertiary/aromatic N) is 2. The van der Waals surface area contributed by atoms with Gasteiger partial charge in [-0.1, -0.05) is 36.4 Å². The van der Waals surface area contributed by atoms with Crippen LogP contribution in [0.3, 0.4) is 0 Å². The largest absolute Gasteiger partial charge is 0.466 e. The average Bonchev–Trinajstić information content (AvgIpc) is 2.91. The molecule has 0 bridgehead atoms. The first-order valence-electron chi connectivity index (χ1n) is 13.7. The molecule has 1 saturated heterocycles. The van der Waals surface area contributed by atoms with Crippen LogP contribution in [0.1, 0.15) is 75.6 Å². The minimum Gasteiger partial charge on any atom is -0.466 e. The lowest BCUT2D eigenvalue weighted by molar-refractivity contribution is -0.143. The summed E-state index contributed by atoms with van der Waals surface area (Å²) in [5.41, 5.74) is 8.21. The van der Waals surface area contributed by atoms with Crippen LogP contribution in [0.5, 0.6) is 0 Å². The van der Waals surface area contributed by atoms with Gasteiger partial charge in [0.1, 0.15) is 6.04 Å². The number of pyridine rings is 1. The molecule has 8 heteroatoms. The normalized spacial score (nSPS) is 15.1. The highest BCUT2D eigenvalue weighted by Crippen LogP contribution is 2.30. The zero-order valence-corrected chi connectivity index (χ0v) is 22.9. The summed E-state index contributed by atoms with van der Waals surface area (Å²) in [5, 5.41) is 2.92. The lowest BCUT2D eigenvalue weighted by Gasteiger charge is -2.35. The zero-order valence-electron chi connectivity index (χ0n) is 22.9. The van der Waals surface area contributed by atoms with Gasteiger partial charge in [-0.15, -0.1) is 0 Å². The van der Waals surface area contributed by atoms with Crippen molar-refractivity contribution in [3.05, 3.63) is 65.5 Å². The molecule has 2 amide bonds. The summed E-state index contributed by atoms with van der Waals surface area (Å²) >= 11 is 0. The number of carbonyl (C=O) groups is 3. The Kier molecular flexibility index (Phi) is 10.8. The number of benzene rings is 1. The molecule has 2 heterocycles. The van der Waals surface area contributed by atoms with Crippen molar-refractivity contribution in [3.63, 3.8) is 0 Å². The second-order valence-corrected chi connectivity index (χ2v) is 10.6. The van der Waals surface area contributed by atoms with Crippen LogP contribution in [0.15, 0.2) is 48.7 Å². The third-order valence-corrected chi connectivity index (χ3v) is 7.01. The Morgan fingerprint density at radius 3 is 2.47 bits per heavy atom. The van der Waals surface area contributed by atoms with Gasteiger partial charge in [-0.3, -0.25) is 19.4 Å². The van der Waals surface area contributed by atoms with Crippen molar-refractivity contribution in [1.29, 1.82) is 0 Å². The van der Waals surface area contributed by atoms with E-state index in [1.807, 2.05) is 35.2 Å². The van der Waals surface area contributed by atoms with Gasteiger partial charge in [0.25, 0.3) is 0 Å². The number of ether oxygens (including phenoxy) is 1. The smallest absolute Gasteiger partial charge is 0.306 e. The zero-order chi connectivity index (χ0) is 27.5. The standard InChI is InChI=1S/C30H42N4O4/c1-4-38-26(35)16-15-23-13-9-19-32-27(23)24-17-20-34(21-18-24)28(36)25(33-29(37)30(2,3)31)14-8-12-22-10-6-5-7-11-22/h5-7,9-11,13,19,24-25H,4,8,12,14-18,20-21,31H2,1-3H3,(H,33,37)/t25-/m1/s1. The Hall–Kier alpha value is -3.26. The first-order chi connectivity index (χ1) is 18.2. The predicted molar refractivity (Wildman–Crippen MR) is 147 cm³/mol. The van der Waals surface area contributed by atoms with E-state index in [9.17, 15) is 14.4 Å². The Morgan fingerprint density at radius 2 is 1.82 bits per heavy atom. The monoisotopic (exact) mass is 522 g/mol. The van der Waals surface area contributed by atoms with E-state index in [-0.39, 0.29) is 23.7 Å². The van der Waals surface area contributed by atoms with Gasteiger partial charge in [0.2, 0.25) is 11.8 Å². The van der Waals surface area contributed by atoms with Gasteiger partial charge < -0.3 is 20.7 Å². The third kappa shape index (κ3) is 8.65. The Morgan fingerprint density at radius 1 is 1.11 bits per heavy atom. The molecule has 38 heavy (non-hydrogen) atoms. The predicted octanol–water partition coefficient (Wildman–Crippen LogP) is 3.53. The van der Waals surface area contributed by atoms with Gasteiger partial charge in [0.15, 0.2) is 0 Å². The van der Waals surface area contributed by atoms with Crippen LogP contribution in [0.4, 0.5) is 0 Å². The van der Waals surface area contributed by atoms with Crippen molar-refractivity contribution in [3.8, 4) is 0 Å². The van der Waals surface area contributed by atoms with E-state index >= 15 is 0 Å². The summed E-state index contributed by atoms with van der Waals surface area (Å²) in [7, 11) is 0. The molecular formula is C30H42N4O4. The molecule has 1 fully saturated rings. The molecule has 0 spiro atoms. The summed E-state index contributed by atoms with van der Waals surface area (Å²) < 4.78 is 5.07. The Labute approximate surface area is 226 Å². The van der Waals surface area contributed by atoms with E-state index in [2.05, 4.69) is 22.4 Å². The van der Waals surface area contributed by atoms with Crippen molar-refractivity contribution >= 4 is 17.8 Å². The third-order valence-electron chi connectivity index (χ3n) is 7.01. The summed E-state index contributed by atoms with van der Waals surface area (Å²) in [6.45, 7) is 6.65. The van der Waals surface area contributed by atoms with E-state index in [1.54, 1.807) is 27.0 Å². The fourth-order valence-corrected chi connectivity index (χ4v) is 4.85. The molecule has 1 aromatic carbocycles. The number of aryl methyl sites for hydroxylation is 2. The van der Waals surface area contributed by atoms with E-state index in [0.29, 0.717) is 39.0 Å². The van der Waals surface area contributed by atoms with Crippen molar-refractivity contribution in [2.45, 2.75) is 83.2 Å². The van der Waals surface area contributed by atoms with Crippen LogP contribution >= 0.6 is 0 Å². The molecule has 3 rings (SSSR count). The average molecular weight is 523 g/mol. The van der Waals surface area contributed by atoms with Gasteiger partial charge >= 0.3 is 5.97 Å². The Balaban J connectivity index is 1.61. The van der Waals surface area contributed by atoms with E-state index in [4.69, 9.17) is 10.5 Å². The van der Waals surface area contributed by atoms with E-state index in [0.717, 1.165) is 36.9 Å². The van der Waals surface area contributed by atoms with Crippen LogP contribution in [-0.2, 0) is 32.0 Å². The maximum absolute atomic E-state index is 13.6. The van der Waals surface area contributed by atoms with Crippen molar-refractivity contribution in [2.24, 2.45) is 5.73 Å². The molecule has 0 unspecified atom stereocenters. The molecule has 0 aliphatic carbocycles.